The van der Waals surface area contributed by atoms with Crippen molar-refractivity contribution in [2.75, 3.05) is 25.1 Å². The average molecular weight is 448 g/mol. The molecule has 0 bridgehead atoms. The number of carbonyl (C=O) groups is 1. The van der Waals surface area contributed by atoms with Crippen molar-refractivity contribution in [3.8, 4) is 11.5 Å². The van der Waals surface area contributed by atoms with Crippen LogP contribution in [-0.2, 0) is 14.8 Å². The predicted octanol–water partition coefficient (Wildman–Crippen LogP) is 3.07. The van der Waals surface area contributed by atoms with Crippen LogP contribution in [0.4, 0.5) is 5.13 Å². The van der Waals surface area contributed by atoms with Crippen LogP contribution in [0.2, 0.25) is 0 Å². The Morgan fingerprint density at radius 1 is 1.17 bits per heavy atom. The highest BCUT2D eigenvalue weighted by Gasteiger charge is 2.19. The number of hydrogen-bond acceptors (Lipinski definition) is 7. The number of aryl methyl sites for hydroxylation is 1. The summed E-state index contributed by atoms with van der Waals surface area (Å²) in [6.07, 6.45) is 0.719. The van der Waals surface area contributed by atoms with Crippen molar-refractivity contribution >= 4 is 42.6 Å². The molecule has 1 aliphatic rings. The van der Waals surface area contributed by atoms with Gasteiger partial charge in [0.25, 0.3) is 0 Å². The molecule has 0 unspecified atom stereocenters. The first-order valence-electron chi connectivity index (χ1n) is 9.48. The smallest absolute Gasteiger partial charge is 0.240 e. The fraction of sp³-hybridized carbons (Fsp3) is 0.300. The van der Waals surface area contributed by atoms with Gasteiger partial charge in [0.05, 0.1) is 28.3 Å². The third kappa shape index (κ3) is 4.55. The van der Waals surface area contributed by atoms with Crippen molar-refractivity contribution < 1.29 is 22.7 Å². The van der Waals surface area contributed by atoms with Gasteiger partial charge in [0.15, 0.2) is 16.6 Å². The van der Waals surface area contributed by atoms with Crippen molar-refractivity contribution in [3.05, 3.63) is 42.0 Å². The van der Waals surface area contributed by atoms with Gasteiger partial charge in [-0.1, -0.05) is 23.5 Å². The lowest BCUT2D eigenvalue weighted by Crippen LogP contribution is -2.27. The van der Waals surface area contributed by atoms with E-state index in [-0.39, 0.29) is 23.8 Å². The maximum Gasteiger partial charge on any atom is 0.240 e. The molecule has 0 radical (unpaired) electrons. The van der Waals surface area contributed by atoms with Gasteiger partial charge in [0.2, 0.25) is 15.9 Å². The highest BCUT2D eigenvalue weighted by molar-refractivity contribution is 7.89. The minimum atomic E-state index is -3.78. The summed E-state index contributed by atoms with van der Waals surface area (Å²) in [6, 6.07) is 10.3. The van der Waals surface area contributed by atoms with Crippen molar-refractivity contribution in [2.24, 2.45) is 0 Å². The van der Waals surface area contributed by atoms with Gasteiger partial charge < -0.3 is 14.8 Å². The zero-order valence-corrected chi connectivity index (χ0v) is 17.9. The molecular formula is C20H21N3O5S2. The highest BCUT2D eigenvalue weighted by Crippen LogP contribution is 2.32. The first-order chi connectivity index (χ1) is 14.4. The summed E-state index contributed by atoms with van der Waals surface area (Å²) in [4.78, 5) is 16.7. The summed E-state index contributed by atoms with van der Waals surface area (Å²) < 4.78 is 39.6. The third-order valence-corrected chi connectivity index (χ3v) is 6.94. The molecule has 8 nitrogen and oxygen atoms in total. The Labute approximate surface area is 178 Å². The SMILES string of the molecule is Cc1cccc2sc(NC(=O)CCNS(=O)(=O)c3ccc4c(c3)OCCCO4)nc12. The molecule has 1 amide bonds. The molecule has 1 aromatic heterocycles. The number of hydrogen-bond donors (Lipinski definition) is 2. The molecule has 2 N–H and O–H groups in total. The maximum atomic E-state index is 12.5. The summed E-state index contributed by atoms with van der Waals surface area (Å²) >= 11 is 1.38. The summed E-state index contributed by atoms with van der Waals surface area (Å²) in [7, 11) is -3.78. The maximum absolute atomic E-state index is 12.5. The molecule has 2 heterocycles. The number of nitrogens with zero attached hydrogens (tertiary/aromatic N) is 1. The lowest BCUT2D eigenvalue weighted by atomic mass is 10.2. The van der Waals surface area contributed by atoms with Crippen LogP contribution in [0.15, 0.2) is 41.3 Å². The van der Waals surface area contributed by atoms with E-state index < -0.39 is 10.0 Å². The van der Waals surface area contributed by atoms with Gasteiger partial charge in [-0.05, 0) is 30.7 Å². The number of ether oxygens (including phenoxy) is 2. The number of rotatable bonds is 6. The molecule has 4 rings (SSSR count). The fourth-order valence-electron chi connectivity index (χ4n) is 3.01. The second-order valence-electron chi connectivity index (χ2n) is 6.80. The normalized spacial score (nSPS) is 13.8. The molecule has 1 aliphatic heterocycles. The van der Waals surface area contributed by atoms with Crippen LogP contribution >= 0.6 is 11.3 Å². The fourth-order valence-corrected chi connectivity index (χ4v) is 5.02. The van der Waals surface area contributed by atoms with Gasteiger partial charge in [-0.3, -0.25) is 4.79 Å². The number of thiazole rings is 1. The Balaban J connectivity index is 1.35. The number of nitrogens with one attached hydrogen (secondary N) is 2. The molecule has 0 fully saturated rings. The summed E-state index contributed by atoms with van der Waals surface area (Å²) in [5, 5.41) is 3.23. The largest absolute Gasteiger partial charge is 0.490 e. The van der Waals surface area contributed by atoms with Crippen molar-refractivity contribution in [2.45, 2.75) is 24.7 Å². The van der Waals surface area contributed by atoms with E-state index in [9.17, 15) is 13.2 Å². The van der Waals surface area contributed by atoms with E-state index in [4.69, 9.17) is 9.47 Å². The van der Waals surface area contributed by atoms with Gasteiger partial charge in [-0.25, -0.2) is 18.1 Å². The molecule has 0 saturated heterocycles. The van der Waals surface area contributed by atoms with E-state index in [1.807, 2.05) is 25.1 Å². The average Bonchev–Trinajstić information content (AvgIpc) is 2.97. The Hall–Kier alpha value is -2.69. The second kappa shape index (κ2) is 8.58. The number of carbonyl (C=O) groups excluding carboxylic acids is 1. The molecule has 3 aromatic rings. The number of amides is 1. The van der Waals surface area contributed by atoms with Crippen LogP contribution in [-0.4, -0.2) is 39.1 Å². The topological polar surface area (TPSA) is 107 Å². The molecule has 0 spiro atoms. The summed E-state index contributed by atoms with van der Waals surface area (Å²) in [6.45, 7) is 2.92. The van der Waals surface area contributed by atoms with E-state index in [2.05, 4.69) is 15.0 Å². The Morgan fingerprint density at radius 3 is 2.77 bits per heavy atom. The van der Waals surface area contributed by atoms with E-state index in [1.165, 1.54) is 23.5 Å². The number of anilines is 1. The summed E-state index contributed by atoms with van der Waals surface area (Å²) in [5.74, 6) is 0.615. The van der Waals surface area contributed by atoms with Crippen LogP contribution in [0.5, 0.6) is 11.5 Å². The standard InChI is InChI=1S/C20H21N3O5S2/c1-13-4-2-5-17-19(13)23-20(29-17)22-18(24)8-9-21-30(25,26)14-6-7-15-16(12-14)28-11-3-10-27-15/h2,4-7,12,21H,3,8-11H2,1H3,(H,22,23,24). The van der Waals surface area contributed by atoms with Crippen molar-refractivity contribution in [1.82, 2.24) is 9.71 Å². The third-order valence-electron chi connectivity index (χ3n) is 4.54. The van der Waals surface area contributed by atoms with Gasteiger partial charge in [-0.2, -0.15) is 0 Å². The van der Waals surface area contributed by atoms with Crippen LogP contribution in [0, 0.1) is 6.92 Å². The molecule has 158 valence electrons. The van der Waals surface area contributed by atoms with Gasteiger partial charge in [-0.15, -0.1) is 0 Å². The number of benzene rings is 2. The predicted molar refractivity (Wildman–Crippen MR) is 115 cm³/mol. The van der Waals surface area contributed by atoms with Crippen LogP contribution in [0.3, 0.4) is 0 Å². The minimum absolute atomic E-state index is 0.0152. The van der Waals surface area contributed by atoms with E-state index in [0.29, 0.717) is 29.8 Å². The zero-order chi connectivity index (χ0) is 21.1. The molecule has 0 saturated carbocycles. The number of fused-ring (bicyclic) bond motifs is 2. The highest BCUT2D eigenvalue weighted by atomic mass is 32.2. The zero-order valence-electron chi connectivity index (χ0n) is 16.3. The minimum Gasteiger partial charge on any atom is -0.490 e. The van der Waals surface area contributed by atoms with Crippen molar-refractivity contribution in [1.29, 1.82) is 0 Å². The number of sulfonamides is 1. The Bertz CT molecular complexity index is 1190. The van der Waals surface area contributed by atoms with Crippen LogP contribution in [0.1, 0.15) is 18.4 Å². The Kier molecular flexibility index (Phi) is 5.89. The molecular weight excluding hydrogens is 426 g/mol. The van der Waals surface area contributed by atoms with E-state index >= 15 is 0 Å². The number of aromatic nitrogens is 1. The van der Waals surface area contributed by atoms with E-state index in [1.54, 1.807) is 6.07 Å². The van der Waals surface area contributed by atoms with Crippen LogP contribution < -0.4 is 19.5 Å². The lowest BCUT2D eigenvalue weighted by molar-refractivity contribution is -0.116. The van der Waals surface area contributed by atoms with Gasteiger partial charge >= 0.3 is 0 Å². The number of para-hydroxylation sites is 1. The second-order valence-corrected chi connectivity index (χ2v) is 9.59. The molecule has 10 heteroatoms. The molecule has 0 atom stereocenters. The summed E-state index contributed by atoms with van der Waals surface area (Å²) in [5.41, 5.74) is 1.89. The first-order valence-corrected chi connectivity index (χ1v) is 11.8. The van der Waals surface area contributed by atoms with Crippen LogP contribution in [0.25, 0.3) is 10.2 Å². The van der Waals surface area contributed by atoms with Gasteiger partial charge in [0.1, 0.15) is 0 Å². The lowest BCUT2D eigenvalue weighted by Gasteiger charge is -2.10. The van der Waals surface area contributed by atoms with Crippen molar-refractivity contribution in [3.63, 3.8) is 0 Å². The first kappa shape index (κ1) is 20.6. The Morgan fingerprint density at radius 2 is 1.97 bits per heavy atom. The quantitative estimate of drug-likeness (QED) is 0.601. The molecule has 30 heavy (non-hydrogen) atoms. The van der Waals surface area contributed by atoms with E-state index in [0.717, 1.165) is 22.2 Å². The molecule has 2 aromatic carbocycles. The molecule has 0 aliphatic carbocycles. The van der Waals surface area contributed by atoms with Gasteiger partial charge in [0, 0.05) is 25.5 Å². The monoisotopic (exact) mass is 447 g/mol.